The van der Waals surface area contributed by atoms with E-state index in [4.69, 9.17) is 31.0 Å². The Labute approximate surface area is 214 Å². The highest BCUT2D eigenvalue weighted by Crippen LogP contribution is 2.33. The summed E-state index contributed by atoms with van der Waals surface area (Å²) in [4.78, 5) is 21.7. The third kappa shape index (κ3) is 6.04. The lowest BCUT2D eigenvalue weighted by atomic mass is 10.1. The van der Waals surface area contributed by atoms with Gasteiger partial charge in [0, 0.05) is 16.5 Å². The quantitative estimate of drug-likeness (QED) is 0.291. The highest BCUT2D eigenvalue weighted by molar-refractivity contribution is 6.32. The summed E-state index contributed by atoms with van der Waals surface area (Å²) in [7, 11) is 0. The van der Waals surface area contributed by atoms with E-state index >= 15 is 0 Å². The zero-order valence-corrected chi connectivity index (χ0v) is 21.7. The molecule has 36 heavy (non-hydrogen) atoms. The molecule has 188 valence electrons. The number of aromatic amines is 1. The van der Waals surface area contributed by atoms with Crippen molar-refractivity contribution in [2.24, 2.45) is 0 Å². The highest BCUT2D eigenvalue weighted by atomic mass is 35.5. The molecule has 4 rings (SSSR count). The van der Waals surface area contributed by atoms with E-state index in [1.54, 1.807) is 12.1 Å². The van der Waals surface area contributed by atoms with E-state index in [0.717, 1.165) is 22.2 Å². The molecule has 0 atom stereocenters. The first-order valence-corrected chi connectivity index (χ1v) is 12.0. The molecule has 0 aliphatic heterocycles. The summed E-state index contributed by atoms with van der Waals surface area (Å²) >= 11 is 6.28. The number of ether oxygens (including phenoxy) is 2. The summed E-state index contributed by atoms with van der Waals surface area (Å²) in [5.74, 6) is 2.09. The number of aryl methyl sites for hydroxylation is 1. The summed E-state index contributed by atoms with van der Waals surface area (Å²) in [6, 6.07) is 13.0. The smallest absolute Gasteiger partial charge is 0.258 e. The van der Waals surface area contributed by atoms with Crippen LogP contribution in [0.4, 0.5) is 11.5 Å². The van der Waals surface area contributed by atoms with E-state index in [1.165, 1.54) is 0 Å². The number of fused-ring (bicyclic) bond motifs is 1. The molecular weight excluding hydrogens is 480 g/mol. The second-order valence-electron chi connectivity index (χ2n) is 9.26. The van der Waals surface area contributed by atoms with Crippen LogP contribution in [0.5, 0.6) is 11.5 Å². The minimum absolute atomic E-state index is 0.0927. The predicted molar refractivity (Wildman–Crippen MR) is 141 cm³/mol. The standard InChI is InChI=1S/C26H29ClN6O3/c1-6-35-18-10-11-20-19(13-18)25(29-22-15(2)32-33-23(22)27)30-24(28-20)16-8-7-9-17(12-16)36-14-21(34)31-26(3,4)5/h7-13H,6,14H2,1-5H3,(H,31,34)(H,32,33)(H,28,29,30). The molecule has 2 aromatic heterocycles. The Kier molecular flexibility index (Phi) is 7.30. The van der Waals surface area contributed by atoms with E-state index in [1.807, 2.05) is 65.0 Å². The molecule has 10 heteroatoms. The lowest BCUT2D eigenvalue weighted by Crippen LogP contribution is -2.43. The molecule has 0 radical (unpaired) electrons. The van der Waals surface area contributed by atoms with Crippen LogP contribution in [-0.4, -0.2) is 44.8 Å². The lowest BCUT2D eigenvalue weighted by Gasteiger charge is -2.20. The molecule has 0 spiro atoms. The predicted octanol–water partition coefficient (Wildman–Crippen LogP) is 5.42. The molecule has 3 N–H and O–H groups in total. The number of nitrogens with zero attached hydrogens (tertiary/aromatic N) is 3. The lowest BCUT2D eigenvalue weighted by molar-refractivity contribution is -0.124. The first-order valence-electron chi connectivity index (χ1n) is 11.6. The maximum Gasteiger partial charge on any atom is 0.258 e. The number of halogens is 1. The second kappa shape index (κ2) is 10.4. The van der Waals surface area contributed by atoms with Crippen molar-refractivity contribution >= 4 is 39.9 Å². The van der Waals surface area contributed by atoms with Gasteiger partial charge in [-0.05, 0) is 65.0 Å². The van der Waals surface area contributed by atoms with E-state index < -0.39 is 0 Å². The van der Waals surface area contributed by atoms with Crippen LogP contribution in [0.1, 0.15) is 33.4 Å². The van der Waals surface area contributed by atoms with E-state index in [9.17, 15) is 4.79 Å². The third-order valence-corrected chi connectivity index (χ3v) is 5.37. The van der Waals surface area contributed by atoms with Crippen LogP contribution >= 0.6 is 11.6 Å². The molecule has 2 heterocycles. The van der Waals surface area contributed by atoms with Crippen LogP contribution in [0, 0.1) is 6.92 Å². The van der Waals surface area contributed by atoms with Crippen LogP contribution in [0.3, 0.4) is 0 Å². The zero-order valence-electron chi connectivity index (χ0n) is 20.9. The van der Waals surface area contributed by atoms with Gasteiger partial charge in [0.1, 0.15) is 23.0 Å². The zero-order chi connectivity index (χ0) is 25.9. The first-order chi connectivity index (χ1) is 17.1. The number of aromatic nitrogens is 4. The second-order valence-corrected chi connectivity index (χ2v) is 9.62. The fourth-order valence-electron chi connectivity index (χ4n) is 3.58. The van der Waals surface area contributed by atoms with Gasteiger partial charge in [-0.3, -0.25) is 9.89 Å². The minimum Gasteiger partial charge on any atom is -0.494 e. The molecule has 0 fully saturated rings. The Balaban J connectivity index is 1.69. The van der Waals surface area contributed by atoms with Crippen molar-refractivity contribution in [1.29, 1.82) is 0 Å². The van der Waals surface area contributed by atoms with Gasteiger partial charge in [-0.1, -0.05) is 23.7 Å². The Morgan fingerprint density at radius 3 is 2.56 bits per heavy atom. The van der Waals surface area contributed by atoms with Gasteiger partial charge < -0.3 is 20.1 Å². The SMILES string of the molecule is CCOc1ccc2nc(-c3cccc(OCC(=O)NC(C)(C)C)c3)nc(Nc3c(Cl)n[nH]c3C)c2c1. The van der Waals surface area contributed by atoms with E-state index in [-0.39, 0.29) is 18.1 Å². The van der Waals surface area contributed by atoms with Crippen molar-refractivity contribution in [2.75, 3.05) is 18.5 Å². The van der Waals surface area contributed by atoms with Crippen LogP contribution in [0.25, 0.3) is 22.3 Å². The van der Waals surface area contributed by atoms with Crippen molar-refractivity contribution in [1.82, 2.24) is 25.5 Å². The van der Waals surface area contributed by atoms with Gasteiger partial charge in [-0.2, -0.15) is 5.10 Å². The van der Waals surface area contributed by atoms with Crippen LogP contribution < -0.4 is 20.1 Å². The van der Waals surface area contributed by atoms with E-state index in [2.05, 4.69) is 20.8 Å². The van der Waals surface area contributed by atoms with Gasteiger partial charge >= 0.3 is 0 Å². The molecule has 1 amide bonds. The molecule has 0 aliphatic rings. The maximum atomic E-state index is 12.2. The van der Waals surface area contributed by atoms with Gasteiger partial charge in [-0.25, -0.2) is 9.97 Å². The van der Waals surface area contributed by atoms with Crippen LogP contribution in [-0.2, 0) is 4.79 Å². The Morgan fingerprint density at radius 2 is 1.86 bits per heavy atom. The normalized spacial score (nSPS) is 11.4. The number of carbonyl (C=O) groups excluding carboxylic acids is 1. The van der Waals surface area contributed by atoms with Crippen LogP contribution in [0.15, 0.2) is 42.5 Å². The van der Waals surface area contributed by atoms with Crippen molar-refractivity contribution < 1.29 is 14.3 Å². The Hall–Kier alpha value is -3.85. The average Bonchev–Trinajstić information content (AvgIpc) is 3.14. The van der Waals surface area contributed by atoms with Gasteiger partial charge in [0.05, 0.1) is 17.8 Å². The van der Waals surface area contributed by atoms with Gasteiger partial charge in [0.25, 0.3) is 5.91 Å². The van der Waals surface area contributed by atoms with Crippen molar-refractivity contribution in [3.05, 3.63) is 53.3 Å². The van der Waals surface area contributed by atoms with Crippen molar-refractivity contribution in [3.8, 4) is 22.9 Å². The van der Waals surface area contributed by atoms with Crippen molar-refractivity contribution in [2.45, 2.75) is 40.2 Å². The van der Waals surface area contributed by atoms with Gasteiger partial charge in [0.2, 0.25) is 0 Å². The van der Waals surface area contributed by atoms with Crippen LogP contribution in [0.2, 0.25) is 5.15 Å². The first kappa shape index (κ1) is 25.2. The topological polar surface area (TPSA) is 114 Å². The average molecular weight is 509 g/mol. The fraction of sp³-hybridized carbons (Fsp3) is 0.308. The molecule has 0 unspecified atom stereocenters. The Bertz CT molecular complexity index is 1380. The minimum atomic E-state index is -0.330. The Morgan fingerprint density at radius 1 is 1.08 bits per heavy atom. The molecular formula is C26H29ClN6O3. The van der Waals surface area contributed by atoms with Gasteiger partial charge in [-0.15, -0.1) is 0 Å². The maximum absolute atomic E-state index is 12.2. The number of amides is 1. The monoisotopic (exact) mass is 508 g/mol. The molecule has 0 saturated carbocycles. The van der Waals surface area contributed by atoms with E-state index in [0.29, 0.717) is 40.6 Å². The number of H-pyrrole nitrogens is 1. The fourth-order valence-corrected chi connectivity index (χ4v) is 3.81. The molecule has 0 saturated heterocycles. The number of hydrogen-bond donors (Lipinski definition) is 3. The molecule has 2 aromatic carbocycles. The summed E-state index contributed by atoms with van der Waals surface area (Å²) < 4.78 is 11.4. The number of carbonyl (C=O) groups is 1. The number of anilines is 2. The summed E-state index contributed by atoms with van der Waals surface area (Å²) in [5, 5.41) is 14.2. The summed E-state index contributed by atoms with van der Waals surface area (Å²) in [6.07, 6.45) is 0. The molecule has 0 bridgehead atoms. The molecule has 4 aromatic rings. The summed E-state index contributed by atoms with van der Waals surface area (Å²) in [6.45, 7) is 10.0. The highest BCUT2D eigenvalue weighted by Gasteiger charge is 2.17. The third-order valence-electron chi connectivity index (χ3n) is 5.10. The van der Waals surface area contributed by atoms with Gasteiger partial charge in [0.15, 0.2) is 17.6 Å². The summed E-state index contributed by atoms with van der Waals surface area (Å²) in [5.41, 5.74) is 2.53. The van der Waals surface area contributed by atoms with Crippen molar-refractivity contribution in [3.63, 3.8) is 0 Å². The molecule has 0 aliphatic carbocycles. The molecule has 9 nitrogen and oxygen atoms in total. The number of hydrogen-bond acceptors (Lipinski definition) is 7. The number of benzene rings is 2. The largest absolute Gasteiger partial charge is 0.494 e. The number of rotatable bonds is 8. The number of nitrogens with one attached hydrogen (secondary N) is 3.